The van der Waals surface area contributed by atoms with Crippen LogP contribution in [0.3, 0.4) is 0 Å². The largest absolute Gasteiger partial charge is 0.497 e. The molecule has 0 atom stereocenters. The molecule has 2 aromatic rings. The Kier molecular flexibility index (Phi) is 7.10. The van der Waals surface area contributed by atoms with Crippen molar-refractivity contribution in [3.63, 3.8) is 0 Å². The van der Waals surface area contributed by atoms with Crippen LogP contribution in [-0.4, -0.2) is 42.6 Å². The maximum Gasteiger partial charge on any atom is 0.188 e. The van der Waals surface area contributed by atoms with Crippen LogP contribution < -0.4 is 15.8 Å². The van der Waals surface area contributed by atoms with E-state index in [0.29, 0.717) is 12.5 Å². The molecule has 24 heavy (non-hydrogen) atoms. The van der Waals surface area contributed by atoms with Gasteiger partial charge in [-0.05, 0) is 43.7 Å². The molecular formula is C17H25N5O2. The number of hydrogen-bond donors (Lipinski definition) is 2. The summed E-state index contributed by atoms with van der Waals surface area (Å²) in [6, 6.07) is 9.63. The number of nitrogens with two attached hydrogens (primary N) is 1. The molecular weight excluding hydrogens is 306 g/mol. The van der Waals surface area contributed by atoms with Gasteiger partial charge in [-0.25, -0.2) is 9.67 Å². The van der Waals surface area contributed by atoms with Crippen LogP contribution in [0.2, 0.25) is 0 Å². The van der Waals surface area contributed by atoms with Crippen LogP contribution in [0.25, 0.3) is 5.69 Å². The van der Waals surface area contributed by atoms with E-state index in [1.165, 1.54) is 0 Å². The lowest BCUT2D eigenvalue weighted by Crippen LogP contribution is -2.32. The topological polar surface area (TPSA) is 86.7 Å². The van der Waals surface area contributed by atoms with Gasteiger partial charge in [0.2, 0.25) is 0 Å². The summed E-state index contributed by atoms with van der Waals surface area (Å²) in [7, 11) is 1.65. The number of rotatable bonds is 9. The van der Waals surface area contributed by atoms with Gasteiger partial charge in [0.1, 0.15) is 5.75 Å². The highest BCUT2D eigenvalue weighted by Crippen LogP contribution is 2.14. The number of guanidine groups is 1. The van der Waals surface area contributed by atoms with Crippen LogP contribution in [0.15, 0.2) is 41.5 Å². The molecule has 0 amide bonds. The van der Waals surface area contributed by atoms with Crippen molar-refractivity contribution < 1.29 is 9.47 Å². The summed E-state index contributed by atoms with van der Waals surface area (Å²) in [4.78, 5) is 4.29. The number of aromatic nitrogens is 2. The van der Waals surface area contributed by atoms with E-state index < -0.39 is 0 Å². The number of methoxy groups -OCH3 is 1. The normalized spacial score (nSPS) is 11.5. The van der Waals surface area contributed by atoms with Crippen LogP contribution in [0.1, 0.15) is 19.0 Å². The summed E-state index contributed by atoms with van der Waals surface area (Å²) < 4.78 is 12.2. The SMILES string of the molecule is CCOCCCNC(N)=NCc1ccn(-c2ccc(OC)cc2)n1. The molecule has 2 rings (SSSR count). The van der Waals surface area contributed by atoms with Gasteiger partial charge in [-0.3, -0.25) is 0 Å². The third kappa shape index (κ3) is 5.58. The molecule has 0 bridgehead atoms. The standard InChI is InChI=1S/C17H25N5O2/c1-3-24-12-4-10-19-17(18)20-13-14-9-11-22(21-14)15-5-7-16(23-2)8-6-15/h5-9,11H,3-4,10,12-13H2,1-2H3,(H3,18,19,20). The first-order valence-electron chi connectivity index (χ1n) is 8.03. The minimum absolute atomic E-state index is 0.422. The van der Waals surface area contributed by atoms with Crippen molar-refractivity contribution in [1.29, 1.82) is 0 Å². The van der Waals surface area contributed by atoms with Gasteiger partial charge in [0.05, 0.1) is 25.0 Å². The molecule has 1 aromatic carbocycles. The lowest BCUT2D eigenvalue weighted by atomic mass is 10.3. The summed E-state index contributed by atoms with van der Waals surface area (Å²) in [5.74, 6) is 1.24. The Morgan fingerprint density at radius 3 is 2.79 bits per heavy atom. The van der Waals surface area contributed by atoms with Crippen LogP contribution in [0.5, 0.6) is 5.75 Å². The fourth-order valence-corrected chi connectivity index (χ4v) is 2.08. The van der Waals surface area contributed by atoms with Crippen LogP contribution in [0.4, 0.5) is 0 Å². The maximum absolute atomic E-state index is 5.84. The zero-order chi connectivity index (χ0) is 17.2. The first kappa shape index (κ1) is 17.8. The van der Waals surface area contributed by atoms with Crippen molar-refractivity contribution >= 4 is 5.96 Å². The van der Waals surface area contributed by atoms with Gasteiger partial charge in [-0.1, -0.05) is 0 Å². The zero-order valence-electron chi connectivity index (χ0n) is 14.2. The fourth-order valence-electron chi connectivity index (χ4n) is 2.08. The number of nitrogens with one attached hydrogen (secondary N) is 1. The minimum atomic E-state index is 0.422. The Bertz CT molecular complexity index is 637. The van der Waals surface area contributed by atoms with Crippen molar-refractivity contribution in [3.05, 3.63) is 42.2 Å². The Morgan fingerprint density at radius 1 is 1.29 bits per heavy atom. The second-order valence-electron chi connectivity index (χ2n) is 5.13. The minimum Gasteiger partial charge on any atom is -0.497 e. The number of hydrogen-bond acceptors (Lipinski definition) is 4. The Hall–Kier alpha value is -2.54. The predicted octanol–water partition coefficient (Wildman–Crippen LogP) is 1.71. The van der Waals surface area contributed by atoms with Gasteiger partial charge in [0.25, 0.3) is 0 Å². The van der Waals surface area contributed by atoms with Gasteiger partial charge in [-0.15, -0.1) is 0 Å². The second-order valence-corrected chi connectivity index (χ2v) is 5.13. The van der Waals surface area contributed by atoms with Gasteiger partial charge in [-0.2, -0.15) is 5.10 Å². The first-order chi connectivity index (χ1) is 11.7. The highest BCUT2D eigenvalue weighted by molar-refractivity contribution is 5.77. The summed E-state index contributed by atoms with van der Waals surface area (Å²) >= 11 is 0. The Morgan fingerprint density at radius 2 is 2.08 bits per heavy atom. The van der Waals surface area contributed by atoms with E-state index in [9.17, 15) is 0 Å². The molecule has 1 heterocycles. The van der Waals surface area contributed by atoms with Gasteiger partial charge < -0.3 is 20.5 Å². The second kappa shape index (κ2) is 9.57. The molecule has 0 aliphatic carbocycles. The third-order valence-electron chi connectivity index (χ3n) is 3.37. The van der Waals surface area contributed by atoms with E-state index in [1.54, 1.807) is 11.8 Å². The number of aliphatic imine (C=N–C) groups is 1. The first-order valence-corrected chi connectivity index (χ1v) is 8.03. The third-order valence-corrected chi connectivity index (χ3v) is 3.37. The zero-order valence-corrected chi connectivity index (χ0v) is 14.2. The highest BCUT2D eigenvalue weighted by atomic mass is 16.5. The molecule has 0 radical (unpaired) electrons. The molecule has 130 valence electrons. The van der Waals surface area contributed by atoms with Crippen molar-refractivity contribution in [2.75, 3.05) is 26.9 Å². The monoisotopic (exact) mass is 331 g/mol. The summed E-state index contributed by atoms with van der Waals surface area (Å²) in [5.41, 5.74) is 7.65. The molecule has 0 aliphatic heterocycles. The Balaban J connectivity index is 1.83. The number of nitrogens with zero attached hydrogens (tertiary/aromatic N) is 3. The van der Waals surface area contributed by atoms with Crippen LogP contribution >= 0.6 is 0 Å². The van der Waals surface area contributed by atoms with Crippen LogP contribution in [0, 0.1) is 0 Å². The van der Waals surface area contributed by atoms with E-state index >= 15 is 0 Å². The average molecular weight is 331 g/mol. The Labute approximate surface area is 142 Å². The molecule has 1 aromatic heterocycles. The van der Waals surface area contributed by atoms with Gasteiger partial charge in [0, 0.05) is 26.0 Å². The molecule has 0 fully saturated rings. The number of ether oxygens (including phenoxy) is 2. The van der Waals surface area contributed by atoms with Gasteiger partial charge in [0.15, 0.2) is 5.96 Å². The van der Waals surface area contributed by atoms with E-state index in [2.05, 4.69) is 15.4 Å². The molecule has 7 heteroatoms. The smallest absolute Gasteiger partial charge is 0.188 e. The molecule has 0 aliphatic rings. The van der Waals surface area contributed by atoms with E-state index in [4.69, 9.17) is 15.2 Å². The summed E-state index contributed by atoms with van der Waals surface area (Å²) in [6.45, 7) is 4.63. The lowest BCUT2D eigenvalue weighted by Gasteiger charge is -2.05. The maximum atomic E-state index is 5.84. The lowest BCUT2D eigenvalue weighted by molar-refractivity contribution is 0.145. The number of benzene rings is 1. The summed E-state index contributed by atoms with van der Waals surface area (Å²) in [5, 5.41) is 7.56. The van der Waals surface area contributed by atoms with Crippen molar-refractivity contribution in [2.45, 2.75) is 19.9 Å². The van der Waals surface area contributed by atoms with Crippen molar-refractivity contribution in [1.82, 2.24) is 15.1 Å². The molecule has 0 saturated carbocycles. The fraction of sp³-hybridized carbons (Fsp3) is 0.412. The molecule has 3 N–H and O–H groups in total. The van der Waals surface area contributed by atoms with Gasteiger partial charge >= 0.3 is 0 Å². The van der Waals surface area contributed by atoms with Crippen LogP contribution in [-0.2, 0) is 11.3 Å². The van der Waals surface area contributed by atoms with Crippen molar-refractivity contribution in [2.24, 2.45) is 10.7 Å². The predicted molar refractivity (Wildman–Crippen MR) is 94.6 cm³/mol. The molecule has 0 saturated heterocycles. The summed E-state index contributed by atoms with van der Waals surface area (Å²) in [6.07, 6.45) is 2.80. The molecule has 0 spiro atoms. The molecule has 0 unspecified atom stereocenters. The van der Waals surface area contributed by atoms with E-state index in [1.807, 2.05) is 43.5 Å². The molecule has 7 nitrogen and oxygen atoms in total. The van der Waals surface area contributed by atoms with E-state index in [-0.39, 0.29) is 0 Å². The average Bonchev–Trinajstić information content (AvgIpc) is 3.09. The quantitative estimate of drug-likeness (QED) is 0.415. The highest BCUT2D eigenvalue weighted by Gasteiger charge is 2.02. The van der Waals surface area contributed by atoms with Crippen molar-refractivity contribution in [3.8, 4) is 11.4 Å². The van der Waals surface area contributed by atoms with E-state index in [0.717, 1.165) is 43.3 Å².